The van der Waals surface area contributed by atoms with E-state index in [4.69, 9.17) is 4.74 Å². The van der Waals surface area contributed by atoms with Crippen LogP contribution in [0.3, 0.4) is 0 Å². The number of nitrogens with zero attached hydrogens (tertiary/aromatic N) is 2. The second kappa shape index (κ2) is 9.07. The predicted octanol–water partition coefficient (Wildman–Crippen LogP) is 4.62. The summed E-state index contributed by atoms with van der Waals surface area (Å²) >= 11 is 2.89. The number of hydrogen-bond donors (Lipinski definition) is 1. The SMILES string of the molecule is CCOc1ccc(NC(=O)c2sc(-c3ccsc3)nc2C)cc1S(=O)(=O)N1CCCC1. The normalized spacial score (nSPS) is 14.6. The van der Waals surface area contributed by atoms with Gasteiger partial charge in [0.05, 0.1) is 12.3 Å². The molecule has 3 aromatic rings. The third-order valence-electron chi connectivity index (χ3n) is 4.96. The van der Waals surface area contributed by atoms with Crippen LogP contribution in [0.2, 0.25) is 0 Å². The molecule has 0 unspecified atom stereocenters. The first-order valence-corrected chi connectivity index (χ1v) is 13.2. The molecule has 1 N–H and O–H groups in total. The van der Waals surface area contributed by atoms with Gasteiger partial charge < -0.3 is 10.1 Å². The highest BCUT2D eigenvalue weighted by Gasteiger charge is 2.30. The lowest BCUT2D eigenvalue weighted by atomic mass is 10.3. The lowest BCUT2D eigenvalue weighted by Crippen LogP contribution is -2.28. The van der Waals surface area contributed by atoms with Gasteiger partial charge in [-0.2, -0.15) is 15.6 Å². The highest BCUT2D eigenvalue weighted by Crippen LogP contribution is 2.33. The molecule has 0 saturated carbocycles. The number of thiophene rings is 1. The van der Waals surface area contributed by atoms with Gasteiger partial charge in [-0.05, 0) is 56.3 Å². The van der Waals surface area contributed by atoms with E-state index in [1.54, 1.807) is 37.3 Å². The second-order valence-electron chi connectivity index (χ2n) is 7.11. The molecule has 4 rings (SSSR count). The van der Waals surface area contributed by atoms with Gasteiger partial charge in [0.1, 0.15) is 20.5 Å². The molecule has 10 heteroatoms. The molecular formula is C21H23N3O4S3. The van der Waals surface area contributed by atoms with Gasteiger partial charge in [0.2, 0.25) is 10.0 Å². The van der Waals surface area contributed by atoms with Crippen molar-refractivity contribution < 1.29 is 17.9 Å². The van der Waals surface area contributed by atoms with Crippen LogP contribution in [0.4, 0.5) is 5.69 Å². The van der Waals surface area contributed by atoms with E-state index in [-0.39, 0.29) is 10.8 Å². The maximum absolute atomic E-state index is 13.2. The monoisotopic (exact) mass is 477 g/mol. The third kappa shape index (κ3) is 4.52. The van der Waals surface area contributed by atoms with E-state index < -0.39 is 10.0 Å². The highest BCUT2D eigenvalue weighted by atomic mass is 32.2. The molecule has 7 nitrogen and oxygen atoms in total. The van der Waals surface area contributed by atoms with Gasteiger partial charge in [-0.1, -0.05) is 0 Å². The standard InChI is InChI=1S/C21H23N3O4S3/c1-3-28-17-7-6-16(12-18(17)31(26,27)24-9-4-5-10-24)23-20(25)19-14(2)22-21(30-19)15-8-11-29-13-15/h6-8,11-13H,3-5,9-10H2,1-2H3,(H,23,25). The summed E-state index contributed by atoms with van der Waals surface area (Å²) in [4.78, 5) is 18.0. The Bertz CT molecular complexity index is 1180. The molecule has 1 fully saturated rings. The molecule has 164 valence electrons. The predicted molar refractivity (Wildman–Crippen MR) is 124 cm³/mol. The van der Waals surface area contributed by atoms with Crippen molar-refractivity contribution in [2.75, 3.05) is 25.0 Å². The number of carbonyl (C=O) groups is 1. The first-order chi connectivity index (χ1) is 14.9. The van der Waals surface area contributed by atoms with E-state index in [9.17, 15) is 13.2 Å². The molecule has 0 aliphatic carbocycles. The second-order valence-corrected chi connectivity index (χ2v) is 10.8. The van der Waals surface area contributed by atoms with Gasteiger partial charge >= 0.3 is 0 Å². The molecular weight excluding hydrogens is 454 g/mol. The van der Waals surface area contributed by atoms with Crippen molar-refractivity contribution in [1.29, 1.82) is 0 Å². The third-order valence-corrected chi connectivity index (χ3v) is 8.76. The van der Waals surface area contributed by atoms with Crippen LogP contribution in [0.25, 0.3) is 10.6 Å². The number of carbonyl (C=O) groups excluding carboxylic acids is 1. The zero-order valence-corrected chi connectivity index (χ0v) is 19.7. The number of aryl methyl sites for hydroxylation is 1. The van der Waals surface area contributed by atoms with Gasteiger partial charge in [0.25, 0.3) is 5.91 Å². The number of aromatic nitrogens is 1. The number of thiazole rings is 1. The zero-order valence-electron chi connectivity index (χ0n) is 17.3. The van der Waals surface area contributed by atoms with Crippen LogP contribution in [0.1, 0.15) is 35.1 Å². The van der Waals surface area contributed by atoms with Crippen LogP contribution in [0, 0.1) is 6.92 Å². The molecule has 0 radical (unpaired) electrons. The van der Waals surface area contributed by atoms with Crippen molar-refractivity contribution in [3.63, 3.8) is 0 Å². The Morgan fingerprint density at radius 1 is 1.26 bits per heavy atom. The average molecular weight is 478 g/mol. The fraction of sp³-hybridized carbons (Fsp3) is 0.333. The quantitative estimate of drug-likeness (QED) is 0.537. The van der Waals surface area contributed by atoms with Crippen LogP contribution in [-0.2, 0) is 10.0 Å². The number of anilines is 1. The Morgan fingerprint density at radius 3 is 2.71 bits per heavy atom. The maximum Gasteiger partial charge on any atom is 0.267 e. The van der Waals surface area contributed by atoms with E-state index in [2.05, 4.69) is 10.3 Å². The summed E-state index contributed by atoms with van der Waals surface area (Å²) in [5.41, 5.74) is 2.02. The summed E-state index contributed by atoms with van der Waals surface area (Å²) in [6.45, 7) is 4.94. The van der Waals surface area contributed by atoms with Gasteiger partial charge in [0, 0.05) is 29.7 Å². The Morgan fingerprint density at radius 2 is 2.03 bits per heavy atom. The van der Waals surface area contributed by atoms with Crippen LogP contribution in [-0.4, -0.2) is 43.3 Å². The molecule has 1 aliphatic rings. The number of amides is 1. The minimum Gasteiger partial charge on any atom is -0.492 e. The van der Waals surface area contributed by atoms with Crippen LogP contribution < -0.4 is 10.1 Å². The van der Waals surface area contributed by atoms with Crippen molar-refractivity contribution in [3.05, 3.63) is 45.6 Å². The molecule has 3 heterocycles. The van der Waals surface area contributed by atoms with Crippen molar-refractivity contribution in [1.82, 2.24) is 9.29 Å². The topological polar surface area (TPSA) is 88.6 Å². The van der Waals surface area contributed by atoms with E-state index >= 15 is 0 Å². The Kier molecular flexibility index (Phi) is 6.42. The fourth-order valence-corrected chi connectivity index (χ4v) is 6.78. The van der Waals surface area contributed by atoms with Crippen LogP contribution in [0.15, 0.2) is 39.9 Å². The van der Waals surface area contributed by atoms with Crippen molar-refractivity contribution in [2.24, 2.45) is 0 Å². The van der Waals surface area contributed by atoms with Crippen LogP contribution >= 0.6 is 22.7 Å². The molecule has 0 spiro atoms. The molecule has 1 saturated heterocycles. The van der Waals surface area contributed by atoms with E-state index in [1.807, 2.05) is 16.8 Å². The Hall–Kier alpha value is -2.27. The first kappa shape index (κ1) is 21.9. The van der Waals surface area contributed by atoms with Crippen molar-refractivity contribution >= 4 is 44.3 Å². The molecule has 2 aromatic heterocycles. The number of hydrogen-bond acceptors (Lipinski definition) is 7. The highest BCUT2D eigenvalue weighted by molar-refractivity contribution is 7.89. The lowest BCUT2D eigenvalue weighted by Gasteiger charge is -2.19. The zero-order chi connectivity index (χ0) is 22.0. The van der Waals surface area contributed by atoms with Crippen molar-refractivity contribution in [2.45, 2.75) is 31.6 Å². The summed E-state index contributed by atoms with van der Waals surface area (Å²) in [5.74, 6) is -0.0220. The Balaban J connectivity index is 1.62. The van der Waals surface area contributed by atoms with Gasteiger partial charge in [0.15, 0.2) is 0 Å². The first-order valence-electron chi connectivity index (χ1n) is 9.98. The molecule has 31 heavy (non-hydrogen) atoms. The fourth-order valence-electron chi connectivity index (χ4n) is 3.43. The summed E-state index contributed by atoms with van der Waals surface area (Å²) in [6.07, 6.45) is 1.69. The summed E-state index contributed by atoms with van der Waals surface area (Å²) in [7, 11) is -3.70. The van der Waals surface area contributed by atoms with E-state index in [1.165, 1.54) is 21.7 Å². The van der Waals surface area contributed by atoms with Gasteiger partial charge in [-0.25, -0.2) is 13.4 Å². The van der Waals surface area contributed by atoms with E-state index in [0.29, 0.717) is 41.7 Å². The van der Waals surface area contributed by atoms with Gasteiger partial charge in [-0.15, -0.1) is 11.3 Å². The van der Waals surface area contributed by atoms with Gasteiger partial charge in [-0.3, -0.25) is 4.79 Å². The molecule has 0 bridgehead atoms. The van der Waals surface area contributed by atoms with E-state index in [0.717, 1.165) is 23.4 Å². The average Bonchev–Trinajstić information content (AvgIpc) is 3.50. The molecule has 0 atom stereocenters. The summed E-state index contributed by atoms with van der Waals surface area (Å²) < 4.78 is 33.3. The molecule has 1 amide bonds. The maximum atomic E-state index is 13.2. The van der Waals surface area contributed by atoms with Crippen molar-refractivity contribution in [3.8, 4) is 16.3 Å². The molecule has 1 aliphatic heterocycles. The minimum absolute atomic E-state index is 0.0778. The lowest BCUT2D eigenvalue weighted by molar-refractivity contribution is 0.102. The van der Waals surface area contributed by atoms with Crippen LogP contribution in [0.5, 0.6) is 5.75 Å². The summed E-state index contributed by atoms with van der Waals surface area (Å²) in [6, 6.07) is 6.69. The smallest absolute Gasteiger partial charge is 0.267 e. The summed E-state index contributed by atoms with van der Waals surface area (Å²) in [5, 5.41) is 7.57. The number of sulfonamides is 1. The number of ether oxygens (including phenoxy) is 1. The number of rotatable bonds is 7. The minimum atomic E-state index is -3.70. The number of nitrogens with one attached hydrogen (secondary N) is 1. The Labute approximate surface area is 189 Å². The molecule has 1 aromatic carbocycles. The number of benzene rings is 1. The largest absolute Gasteiger partial charge is 0.492 e.